The summed E-state index contributed by atoms with van der Waals surface area (Å²) in [5, 5.41) is 13.5. The molecule has 2 aromatic heterocycles. The summed E-state index contributed by atoms with van der Waals surface area (Å²) in [5.41, 5.74) is 1.92. The highest BCUT2D eigenvalue weighted by Crippen LogP contribution is 2.16. The standard InChI is InChI=1S/C13H17N3O2/c17-10-11-7-12-8-15(4-2-5-16(12)14-11)9-13-3-1-6-18-13/h1,3,6-7,17H,2,4-5,8-10H2. The number of aryl methyl sites for hydroxylation is 1. The zero-order valence-corrected chi connectivity index (χ0v) is 10.2. The van der Waals surface area contributed by atoms with E-state index in [2.05, 4.69) is 10.00 Å². The summed E-state index contributed by atoms with van der Waals surface area (Å²) in [4.78, 5) is 2.35. The normalized spacial score (nSPS) is 16.5. The number of fused-ring (bicyclic) bond motifs is 1. The van der Waals surface area contributed by atoms with Gasteiger partial charge in [-0.05, 0) is 24.6 Å². The van der Waals surface area contributed by atoms with Crippen LogP contribution in [0.25, 0.3) is 0 Å². The van der Waals surface area contributed by atoms with Crippen molar-refractivity contribution < 1.29 is 9.52 Å². The maximum Gasteiger partial charge on any atom is 0.117 e. The summed E-state index contributed by atoms with van der Waals surface area (Å²) >= 11 is 0. The molecule has 18 heavy (non-hydrogen) atoms. The van der Waals surface area contributed by atoms with E-state index in [0.29, 0.717) is 0 Å². The molecule has 0 bridgehead atoms. The highest BCUT2D eigenvalue weighted by Gasteiger charge is 2.17. The van der Waals surface area contributed by atoms with E-state index >= 15 is 0 Å². The molecule has 0 radical (unpaired) electrons. The summed E-state index contributed by atoms with van der Waals surface area (Å²) in [6, 6.07) is 5.91. The van der Waals surface area contributed by atoms with E-state index < -0.39 is 0 Å². The van der Waals surface area contributed by atoms with Crippen molar-refractivity contribution in [1.29, 1.82) is 0 Å². The van der Waals surface area contributed by atoms with Gasteiger partial charge in [-0.3, -0.25) is 9.58 Å². The highest BCUT2D eigenvalue weighted by atomic mass is 16.3. The molecule has 0 saturated carbocycles. The van der Waals surface area contributed by atoms with Crippen LogP contribution in [0, 0.1) is 0 Å². The zero-order chi connectivity index (χ0) is 12.4. The van der Waals surface area contributed by atoms with E-state index in [1.807, 2.05) is 22.9 Å². The van der Waals surface area contributed by atoms with E-state index in [1.54, 1.807) is 6.26 Å². The van der Waals surface area contributed by atoms with Crippen molar-refractivity contribution in [2.45, 2.75) is 32.7 Å². The van der Waals surface area contributed by atoms with Gasteiger partial charge in [-0.2, -0.15) is 5.10 Å². The fourth-order valence-electron chi connectivity index (χ4n) is 2.42. The molecule has 5 nitrogen and oxygen atoms in total. The van der Waals surface area contributed by atoms with Gasteiger partial charge in [0.05, 0.1) is 30.8 Å². The number of rotatable bonds is 3. The second-order valence-electron chi connectivity index (χ2n) is 4.65. The third-order valence-electron chi connectivity index (χ3n) is 3.27. The minimum Gasteiger partial charge on any atom is -0.468 e. The Bertz CT molecular complexity index is 504. The molecule has 5 heteroatoms. The Kier molecular flexibility index (Phi) is 3.17. The molecule has 1 N–H and O–H groups in total. The van der Waals surface area contributed by atoms with Gasteiger partial charge in [0.2, 0.25) is 0 Å². The van der Waals surface area contributed by atoms with Crippen molar-refractivity contribution in [3.05, 3.63) is 41.6 Å². The van der Waals surface area contributed by atoms with Gasteiger partial charge in [0.15, 0.2) is 0 Å². The lowest BCUT2D eigenvalue weighted by molar-refractivity contribution is 0.238. The quantitative estimate of drug-likeness (QED) is 0.890. The molecule has 0 saturated heterocycles. The largest absolute Gasteiger partial charge is 0.468 e. The average molecular weight is 247 g/mol. The maximum atomic E-state index is 9.13. The van der Waals surface area contributed by atoms with Crippen LogP contribution in [0.3, 0.4) is 0 Å². The number of aliphatic hydroxyl groups is 1. The fraction of sp³-hybridized carbons (Fsp3) is 0.462. The number of hydrogen-bond acceptors (Lipinski definition) is 4. The van der Waals surface area contributed by atoms with Gasteiger partial charge in [-0.15, -0.1) is 0 Å². The van der Waals surface area contributed by atoms with E-state index in [-0.39, 0.29) is 6.61 Å². The fourth-order valence-corrected chi connectivity index (χ4v) is 2.42. The van der Waals surface area contributed by atoms with Crippen LogP contribution in [0.1, 0.15) is 23.6 Å². The Balaban J connectivity index is 1.75. The molecule has 0 unspecified atom stereocenters. The van der Waals surface area contributed by atoms with Gasteiger partial charge >= 0.3 is 0 Å². The average Bonchev–Trinajstić information content (AvgIpc) is 2.96. The number of aromatic nitrogens is 2. The van der Waals surface area contributed by atoms with Crippen molar-refractivity contribution >= 4 is 0 Å². The van der Waals surface area contributed by atoms with E-state index in [1.165, 1.54) is 5.69 Å². The Morgan fingerprint density at radius 2 is 2.33 bits per heavy atom. The second-order valence-corrected chi connectivity index (χ2v) is 4.65. The lowest BCUT2D eigenvalue weighted by Gasteiger charge is -2.17. The Hall–Kier alpha value is -1.59. The first-order valence-corrected chi connectivity index (χ1v) is 6.26. The Morgan fingerprint density at radius 1 is 1.39 bits per heavy atom. The molecule has 3 rings (SSSR count). The van der Waals surface area contributed by atoms with Crippen molar-refractivity contribution in [2.24, 2.45) is 0 Å². The van der Waals surface area contributed by atoms with Crippen molar-refractivity contribution in [3.63, 3.8) is 0 Å². The van der Waals surface area contributed by atoms with E-state index in [0.717, 1.165) is 44.1 Å². The van der Waals surface area contributed by atoms with Gasteiger partial charge in [0.25, 0.3) is 0 Å². The predicted molar refractivity (Wildman–Crippen MR) is 65.6 cm³/mol. The molecule has 0 fully saturated rings. The zero-order valence-electron chi connectivity index (χ0n) is 10.2. The Labute approximate surface area is 106 Å². The van der Waals surface area contributed by atoms with Crippen molar-refractivity contribution in [1.82, 2.24) is 14.7 Å². The first-order valence-electron chi connectivity index (χ1n) is 6.26. The molecule has 0 aliphatic carbocycles. The van der Waals surface area contributed by atoms with Gasteiger partial charge in [-0.25, -0.2) is 0 Å². The Morgan fingerprint density at radius 3 is 3.11 bits per heavy atom. The highest BCUT2D eigenvalue weighted by molar-refractivity contribution is 5.11. The predicted octanol–water partition coefficient (Wildman–Crippen LogP) is 1.37. The van der Waals surface area contributed by atoms with E-state index in [9.17, 15) is 0 Å². The lowest BCUT2D eigenvalue weighted by Crippen LogP contribution is -2.22. The van der Waals surface area contributed by atoms with Crippen LogP contribution < -0.4 is 0 Å². The molecule has 96 valence electrons. The maximum absolute atomic E-state index is 9.13. The third-order valence-corrected chi connectivity index (χ3v) is 3.27. The molecule has 3 heterocycles. The minimum absolute atomic E-state index is 0.0121. The number of furan rings is 1. The van der Waals surface area contributed by atoms with E-state index in [4.69, 9.17) is 9.52 Å². The smallest absolute Gasteiger partial charge is 0.117 e. The van der Waals surface area contributed by atoms with Crippen LogP contribution in [0.4, 0.5) is 0 Å². The first kappa shape index (κ1) is 11.5. The molecule has 0 aromatic carbocycles. The van der Waals surface area contributed by atoms with Crippen molar-refractivity contribution in [3.8, 4) is 0 Å². The molecule has 1 aliphatic rings. The SMILES string of the molecule is OCc1cc2n(n1)CCCN(Cc1ccco1)C2. The van der Waals surface area contributed by atoms with Gasteiger partial charge in [0, 0.05) is 19.6 Å². The summed E-state index contributed by atoms with van der Waals surface area (Å²) in [7, 11) is 0. The summed E-state index contributed by atoms with van der Waals surface area (Å²) in [6.07, 6.45) is 2.78. The molecular weight excluding hydrogens is 230 g/mol. The van der Waals surface area contributed by atoms with Gasteiger partial charge in [-0.1, -0.05) is 0 Å². The number of hydrogen-bond donors (Lipinski definition) is 1. The van der Waals surface area contributed by atoms with Crippen LogP contribution in [-0.4, -0.2) is 26.3 Å². The van der Waals surface area contributed by atoms with Crippen LogP contribution in [0.5, 0.6) is 0 Å². The van der Waals surface area contributed by atoms with Crippen LogP contribution >= 0.6 is 0 Å². The monoisotopic (exact) mass is 247 g/mol. The molecule has 0 amide bonds. The van der Waals surface area contributed by atoms with Crippen LogP contribution in [0.2, 0.25) is 0 Å². The minimum atomic E-state index is 0.0121. The molecule has 0 atom stereocenters. The van der Waals surface area contributed by atoms with Gasteiger partial charge < -0.3 is 9.52 Å². The van der Waals surface area contributed by atoms with Crippen LogP contribution in [-0.2, 0) is 26.2 Å². The summed E-state index contributed by atoms with van der Waals surface area (Å²) in [6.45, 7) is 3.65. The summed E-state index contributed by atoms with van der Waals surface area (Å²) in [5.74, 6) is 0.991. The van der Waals surface area contributed by atoms with Crippen LogP contribution in [0.15, 0.2) is 28.9 Å². The topological polar surface area (TPSA) is 54.4 Å². The summed E-state index contributed by atoms with van der Waals surface area (Å²) < 4.78 is 7.39. The van der Waals surface area contributed by atoms with Gasteiger partial charge in [0.1, 0.15) is 5.76 Å². The molecule has 1 aliphatic heterocycles. The number of aliphatic hydroxyl groups excluding tert-OH is 1. The first-order chi connectivity index (χ1) is 8.85. The lowest BCUT2D eigenvalue weighted by atomic mass is 10.3. The molecular formula is C13H17N3O2. The third kappa shape index (κ3) is 2.32. The number of nitrogens with zero attached hydrogens (tertiary/aromatic N) is 3. The second kappa shape index (κ2) is 4.96. The molecule has 2 aromatic rings. The molecule has 0 spiro atoms. The van der Waals surface area contributed by atoms with Crippen molar-refractivity contribution in [2.75, 3.05) is 6.54 Å².